The van der Waals surface area contributed by atoms with E-state index in [0.717, 1.165) is 40.1 Å². The third kappa shape index (κ3) is 3.44. The van der Waals surface area contributed by atoms with Crippen molar-refractivity contribution in [2.24, 2.45) is 0 Å². The fourth-order valence-corrected chi connectivity index (χ4v) is 3.81. The number of carboxylic acid groups (broad SMARTS) is 1. The fourth-order valence-electron chi connectivity index (χ4n) is 2.07. The number of carbonyl (C=O) groups is 1. The first-order chi connectivity index (χ1) is 9.88. The maximum Gasteiger partial charge on any atom is 0.345 e. The molecule has 2 aromatic rings. The molecule has 2 aromatic heterocycles. The molecule has 116 valence electrons. The van der Waals surface area contributed by atoms with E-state index in [1.165, 1.54) is 0 Å². The molecule has 0 unspecified atom stereocenters. The summed E-state index contributed by atoms with van der Waals surface area (Å²) in [5.74, 6) is -0.845. The molecule has 0 aliphatic rings. The molecule has 21 heavy (non-hydrogen) atoms. The number of nitrogens with zero attached hydrogens (tertiary/aromatic N) is 2. The summed E-state index contributed by atoms with van der Waals surface area (Å²) in [6.07, 6.45) is 1.65. The number of thiophene rings is 1. The Hall–Kier alpha value is -1.41. The molecule has 1 N–H and O–H groups in total. The van der Waals surface area contributed by atoms with Crippen LogP contribution in [0.4, 0.5) is 0 Å². The lowest BCUT2D eigenvalue weighted by atomic mass is 10.2. The van der Waals surface area contributed by atoms with Gasteiger partial charge in [0.1, 0.15) is 9.71 Å². The van der Waals surface area contributed by atoms with Gasteiger partial charge in [0.05, 0.1) is 18.0 Å². The molecule has 0 fully saturated rings. The highest BCUT2D eigenvalue weighted by atomic mass is 32.2. The van der Waals surface area contributed by atoms with Crippen LogP contribution in [0.3, 0.4) is 0 Å². The van der Waals surface area contributed by atoms with Gasteiger partial charge < -0.3 is 5.11 Å². The highest BCUT2D eigenvalue weighted by molar-refractivity contribution is 7.91. The third-order valence-electron chi connectivity index (χ3n) is 3.25. The van der Waals surface area contributed by atoms with Crippen LogP contribution in [0.1, 0.15) is 35.6 Å². The van der Waals surface area contributed by atoms with Gasteiger partial charge in [-0.25, -0.2) is 13.2 Å². The second-order valence-corrected chi connectivity index (χ2v) is 8.29. The lowest BCUT2D eigenvalue weighted by Crippen LogP contribution is -2.15. The number of rotatable bonds is 7. The third-order valence-corrected chi connectivity index (χ3v) is 6.07. The van der Waals surface area contributed by atoms with E-state index in [0.29, 0.717) is 0 Å². The van der Waals surface area contributed by atoms with Gasteiger partial charge in [0.2, 0.25) is 0 Å². The first kappa shape index (κ1) is 16.0. The van der Waals surface area contributed by atoms with Crippen LogP contribution in [0.25, 0.3) is 10.2 Å². The van der Waals surface area contributed by atoms with Crippen molar-refractivity contribution in [2.45, 2.75) is 33.2 Å². The molecule has 0 spiro atoms. The molecular formula is C13H18N2O4S2. The quantitative estimate of drug-likeness (QED) is 0.840. The zero-order valence-corrected chi connectivity index (χ0v) is 13.6. The van der Waals surface area contributed by atoms with Gasteiger partial charge in [-0.3, -0.25) is 4.68 Å². The molecular weight excluding hydrogens is 312 g/mol. The highest BCUT2D eigenvalue weighted by Crippen LogP contribution is 2.29. The van der Waals surface area contributed by atoms with Crippen LogP contribution >= 0.6 is 11.3 Å². The second kappa shape index (κ2) is 6.15. The molecule has 0 saturated carbocycles. The van der Waals surface area contributed by atoms with E-state index in [4.69, 9.17) is 5.11 Å². The van der Waals surface area contributed by atoms with Gasteiger partial charge in [0, 0.05) is 11.1 Å². The van der Waals surface area contributed by atoms with Crippen molar-refractivity contribution in [2.75, 3.05) is 11.5 Å². The van der Waals surface area contributed by atoms with Crippen molar-refractivity contribution in [3.8, 4) is 0 Å². The Labute approximate surface area is 127 Å². The van der Waals surface area contributed by atoms with Crippen LogP contribution in [0, 0.1) is 0 Å². The molecule has 0 atom stereocenters. The molecule has 0 radical (unpaired) electrons. The predicted molar refractivity (Wildman–Crippen MR) is 82.9 cm³/mol. The first-order valence-electron chi connectivity index (χ1n) is 6.81. The number of hydrogen-bond donors (Lipinski definition) is 1. The van der Waals surface area contributed by atoms with Crippen LogP contribution in [-0.4, -0.2) is 40.8 Å². The molecule has 0 saturated heterocycles. The molecule has 0 bridgehead atoms. The summed E-state index contributed by atoms with van der Waals surface area (Å²) in [5.41, 5.74) is 0.838. The van der Waals surface area contributed by atoms with Crippen molar-refractivity contribution in [3.63, 3.8) is 0 Å². The van der Waals surface area contributed by atoms with Crippen LogP contribution in [0.2, 0.25) is 0 Å². The summed E-state index contributed by atoms with van der Waals surface area (Å²) in [4.78, 5) is 12.1. The number of fused-ring (bicyclic) bond motifs is 1. The molecule has 6 nitrogen and oxygen atoms in total. The molecule has 0 amide bonds. The van der Waals surface area contributed by atoms with Gasteiger partial charge in [-0.1, -0.05) is 20.3 Å². The van der Waals surface area contributed by atoms with E-state index in [2.05, 4.69) is 5.10 Å². The lowest BCUT2D eigenvalue weighted by molar-refractivity contribution is 0.0702. The number of aromatic nitrogens is 2. The van der Waals surface area contributed by atoms with E-state index < -0.39 is 15.8 Å². The minimum absolute atomic E-state index is 0.0200. The van der Waals surface area contributed by atoms with Crippen LogP contribution in [0.5, 0.6) is 0 Å². The smallest absolute Gasteiger partial charge is 0.345 e. The number of sulfone groups is 1. The Morgan fingerprint density at radius 1 is 1.43 bits per heavy atom. The maximum atomic E-state index is 11.6. The molecule has 2 heterocycles. The van der Waals surface area contributed by atoms with E-state index >= 15 is 0 Å². The standard InChI is InChI=1S/C13H18N2O4S2/c1-3-5-10-9-8-11(13(16)17)20-12(9)15(14-10)6-7-21(18,19)4-2/h8H,3-7H2,1-2H3,(H,16,17). The monoisotopic (exact) mass is 330 g/mol. The SMILES string of the molecule is CCCc1nn(CCS(=O)(=O)CC)c2sc(C(=O)O)cc12. The summed E-state index contributed by atoms with van der Waals surface area (Å²) < 4.78 is 24.9. The topological polar surface area (TPSA) is 89.3 Å². The largest absolute Gasteiger partial charge is 0.477 e. The van der Waals surface area contributed by atoms with Crippen LogP contribution in [0.15, 0.2) is 6.07 Å². The second-order valence-electron chi connectivity index (χ2n) is 4.79. The lowest BCUT2D eigenvalue weighted by Gasteiger charge is -2.02. The van der Waals surface area contributed by atoms with Gasteiger partial charge in [0.25, 0.3) is 0 Å². The van der Waals surface area contributed by atoms with Crippen molar-refractivity contribution in [1.29, 1.82) is 0 Å². The summed E-state index contributed by atoms with van der Waals surface area (Å²) in [6, 6.07) is 1.63. The number of aromatic carboxylic acids is 1. The van der Waals surface area contributed by atoms with Gasteiger partial charge in [-0.05, 0) is 12.5 Å². The van der Waals surface area contributed by atoms with Gasteiger partial charge in [-0.2, -0.15) is 5.10 Å². The number of hydrogen-bond acceptors (Lipinski definition) is 5. The van der Waals surface area contributed by atoms with E-state index in [1.807, 2.05) is 6.92 Å². The molecule has 8 heteroatoms. The molecule has 0 aliphatic heterocycles. The molecule has 2 rings (SSSR count). The Bertz CT molecular complexity index is 759. The van der Waals surface area contributed by atoms with Crippen molar-refractivity contribution in [1.82, 2.24) is 9.78 Å². The van der Waals surface area contributed by atoms with Crippen molar-refractivity contribution in [3.05, 3.63) is 16.6 Å². The summed E-state index contributed by atoms with van der Waals surface area (Å²) in [7, 11) is -3.07. The Balaban J connectivity index is 2.40. The van der Waals surface area contributed by atoms with Crippen LogP contribution in [-0.2, 0) is 22.8 Å². The first-order valence-corrected chi connectivity index (χ1v) is 9.44. The Morgan fingerprint density at radius 2 is 2.14 bits per heavy atom. The zero-order valence-electron chi connectivity index (χ0n) is 12.0. The minimum atomic E-state index is -3.07. The minimum Gasteiger partial charge on any atom is -0.477 e. The Morgan fingerprint density at radius 3 is 2.71 bits per heavy atom. The van der Waals surface area contributed by atoms with Crippen molar-refractivity contribution >= 4 is 37.4 Å². The zero-order chi connectivity index (χ0) is 15.6. The predicted octanol–water partition coefficient (Wildman–Crippen LogP) is 2.18. The normalized spacial score (nSPS) is 12.1. The average Bonchev–Trinajstić information content (AvgIpc) is 2.98. The highest BCUT2D eigenvalue weighted by Gasteiger charge is 2.18. The van der Waals surface area contributed by atoms with Gasteiger partial charge >= 0.3 is 5.97 Å². The summed E-state index contributed by atoms with van der Waals surface area (Å²) in [5, 5.41) is 14.4. The van der Waals surface area contributed by atoms with E-state index in [1.54, 1.807) is 17.7 Å². The molecule has 0 aliphatic carbocycles. The molecule has 0 aromatic carbocycles. The average molecular weight is 330 g/mol. The van der Waals surface area contributed by atoms with Gasteiger partial charge in [-0.15, -0.1) is 11.3 Å². The maximum absolute atomic E-state index is 11.6. The summed E-state index contributed by atoms with van der Waals surface area (Å²) >= 11 is 1.14. The number of carboxylic acids is 1. The van der Waals surface area contributed by atoms with Crippen molar-refractivity contribution < 1.29 is 18.3 Å². The fraction of sp³-hybridized carbons (Fsp3) is 0.538. The van der Waals surface area contributed by atoms with E-state index in [-0.39, 0.29) is 22.9 Å². The van der Waals surface area contributed by atoms with Gasteiger partial charge in [0.15, 0.2) is 9.84 Å². The Kier molecular flexibility index (Phi) is 4.67. The van der Waals surface area contributed by atoms with Crippen LogP contribution < -0.4 is 0 Å². The summed E-state index contributed by atoms with van der Waals surface area (Å²) in [6.45, 7) is 3.90. The number of aryl methyl sites for hydroxylation is 2. The van der Waals surface area contributed by atoms with E-state index in [9.17, 15) is 13.2 Å².